The molecule has 2 rings (SSSR count). The third kappa shape index (κ3) is 3.51. The lowest BCUT2D eigenvalue weighted by Crippen LogP contribution is -2.50. The summed E-state index contributed by atoms with van der Waals surface area (Å²) >= 11 is 0. The quantitative estimate of drug-likeness (QED) is 0.832. The Morgan fingerprint density at radius 1 is 1.15 bits per heavy atom. The lowest BCUT2D eigenvalue weighted by molar-refractivity contribution is -0.140. The molecular formula is C13H25N3O3S. The summed E-state index contributed by atoms with van der Waals surface area (Å²) in [5, 5.41) is 5.12. The van der Waals surface area contributed by atoms with Crippen molar-refractivity contribution in [1.82, 2.24) is 9.21 Å². The molecule has 0 radical (unpaired) electrons. The largest absolute Gasteiger partial charge is 0.339 e. The van der Waals surface area contributed by atoms with E-state index in [9.17, 15) is 13.2 Å². The molecule has 7 heteroatoms. The van der Waals surface area contributed by atoms with Crippen LogP contribution in [0.15, 0.2) is 0 Å². The van der Waals surface area contributed by atoms with Gasteiger partial charge in [0.25, 0.3) is 10.2 Å². The molecule has 0 bridgehead atoms. The summed E-state index contributed by atoms with van der Waals surface area (Å²) in [6.45, 7) is 3.70. The van der Waals surface area contributed by atoms with Crippen molar-refractivity contribution in [2.75, 3.05) is 19.6 Å². The highest BCUT2D eigenvalue weighted by atomic mass is 32.2. The van der Waals surface area contributed by atoms with Crippen LogP contribution in [0.25, 0.3) is 0 Å². The van der Waals surface area contributed by atoms with E-state index in [-0.39, 0.29) is 11.8 Å². The van der Waals surface area contributed by atoms with Gasteiger partial charge < -0.3 is 4.90 Å². The minimum Gasteiger partial charge on any atom is -0.339 e. The monoisotopic (exact) mass is 303 g/mol. The molecule has 2 N–H and O–H groups in total. The number of nitrogens with two attached hydrogens (primary N) is 1. The van der Waals surface area contributed by atoms with Crippen molar-refractivity contribution in [3.05, 3.63) is 0 Å². The maximum atomic E-state index is 12.6. The molecule has 2 aliphatic heterocycles. The molecule has 1 atom stereocenters. The van der Waals surface area contributed by atoms with Crippen LogP contribution in [0.2, 0.25) is 0 Å². The second-order valence-electron chi connectivity index (χ2n) is 5.81. The van der Waals surface area contributed by atoms with Gasteiger partial charge in [-0.15, -0.1) is 0 Å². The SMILES string of the molecule is CCC1CCCCN1C(=O)C1CCN(S(N)(=O)=O)CC1. The third-order valence-corrected chi connectivity index (χ3v) is 5.63. The number of likely N-dealkylation sites (tertiary alicyclic amines) is 1. The average molecular weight is 303 g/mol. The normalized spacial score (nSPS) is 26.7. The van der Waals surface area contributed by atoms with Crippen molar-refractivity contribution < 1.29 is 13.2 Å². The minimum absolute atomic E-state index is 0.0415. The predicted molar refractivity (Wildman–Crippen MR) is 77.0 cm³/mol. The van der Waals surface area contributed by atoms with Gasteiger partial charge in [-0.3, -0.25) is 4.79 Å². The van der Waals surface area contributed by atoms with Gasteiger partial charge in [-0.1, -0.05) is 6.92 Å². The Hall–Kier alpha value is -0.660. The van der Waals surface area contributed by atoms with Crippen LogP contribution in [-0.2, 0) is 15.0 Å². The first-order chi connectivity index (χ1) is 9.43. The standard InChI is InChI=1S/C13H25N3O3S/c1-2-12-5-3-4-8-16(12)13(17)11-6-9-15(10-7-11)20(14,18)19/h11-12H,2-10H2,1H3,(H2,14,18,19). The summed E-state index contributed by atoms with van der Waals surface area (Å²) in [7, 11) is -3.61. The fourth-order valence-corrected chi connectivity index (χ4v) is 4.03. The van der Waals surface area contributed by atoms with E-state index in [1.165, 1.54) is 10.7 Å². The average Bonchev–Trinajstić information content (AvgIpc) is 2.45. The van der Waals surface area contributed by atoms with Gasteiger partial charge >= 0.3 is 0 Å². The van der Waals surface area contributed by atoms with Gasteiger partial charge in [-0.25, -0.2) is 5.14 Å². The van der Waals surface area contributed by atoms with E-state index in [1.807, 2.05) is 4.90 Å². The van der Waals surface area contributed by atoms with E-state index in [0.29, 0.717) is 32.0 Å². The number of carbonyl (C=O) groups is 1. The van der Waals surface area contributed by atoms with Gasteiger partial charge in [0.1, 0.15) is 0 Å². The lowest BCUT2D eigenvalue weighted by Gasteiger charge is -2.39. The maximum Gasteiger partial charge on any atom is 0.276 e. The van der Waals surface area contributed by atoms with E-state index in [0.717, 1.165) is 25.8 Å². The van der Waals surface area contributed by atoms with Crippen molar-refractivity contribution in [3.63, 3.8) is 0 Å². The number of nitrogens with zero attached hydrogens (tertiary/aromatic N) is 2. The van der Waals surface area contributed by atoms with Crippen LogP contribution in [0, 0.1) is 5.92 Å². The van der Waals surface area contributed by atoms with Crippen LogP contribution in [0.5, 0.6) is 0 Å². The first-order valence-corrected chi connectivity index (χ1v) is 9.02. The molecule has 6 nitrogen and oxygen atoms in total. The van der Waals surface area contributed by atoms with E-state index in [1.54, 1.807) is 0 Å². The zero-order chi connectivity index (χ0) is 14.8. The molecule has 0 aromatic heterocycles. The van der Waals surface area contributed by atoms with Crippen LogP contribution >= 0.6 is 0 Å². The first kappa shape index (κ1) is 15.7. The van der Waals surface area contributed by atoms with Crippen molar-refractivity contribution in [2.24, 2.45) is 11.1 Å². The molecule has 2 aliphatic rings. The molecule has 2 heterocycles. The molecule has 0 spiro atoms. The molecular weight excluding hydrogens is 278 g/mol. The first-order valence-electron chi connectivity index (χ1n) is 7.51. The third-order valence-electron chi connectivity index (χ3n) is 4.54. The van der Waals surface area contributed by atoms with Gasteiger partial charge in [-0.05, 0) is 38.5 Å². The second kappa shape index (κ2) is 6.41. The maximum absolute atomic E-state index is 12.6. The fourth-order valence-electron chi connectivity index (χ4n) is 3.31. The zero-order valence-corrected chi connectivity index (χ0v) is 12.9. The van der Waals surface area contributed by atoms with Gasteiger partial charge in [0, 0.05) is 31.6 Å². The summed E-state index contributed by atoms with van der Waals surface area (Å²) in [4.78, 5) is 14.6. The summed E-state index contributed by atoms with van der Waals surface area (Å²) in [5.41, 5.74) is 0. The predicted octanol–water partition coefficient (Wildman–Crippen LogP) is 0.693. The highest BCUT2D eigenvalue weighted by Gasteiger charge is 2.34. The Labute approximate surface area is 121 Å². The summed E-state index contributed by atoms with van der Waals surface area (Å²) in [6.07, 6.45) is 5.55. The minimum atomic E-state index is -3.61. The molecule has 0 saturated carbocycles. The van der Waals surface area contributed by atoms with Crippen LogP contribution in [0.3, 0.4) is 0 Å². The van der Waals surface area contributed by atoms with Crippen molar-refractivity contribution >= 4 is 16.1 Å². The second-order valence-corrected chi connectivity index (χ2v) is 7.35. The highest BCUT2D eigenvalue weighted by molar-refractivity contribution is 7.86. The molecule has 2 saturated heterocycles. The van der Waals surface area contributed by atoms with Crippen molar-refractivity contribution in [3.8, 4) is 0 Å². The molecule has 0 aromatic carbocycles. The van der Waals surface area contributed by atoms with Crippen LogP contribution in [0.1, 0.15) is 45.4 Å². The summed E-state index contributed by atoms with van der Waals surface area (Å²) in [6, 6.07) is 0.368. The molecule has 0 aromatic rings. The van der Waals surface area contributed by atoms with E-state index < -0.39 is 10.2 Å². The van der Waals surface area contributed by atoms with Gasteiger partial charge in [0.05, 0.1) is 0 Å². The van der Waals surface area contributed by atoms with E-state index in [4.69, 9.17) is 5.14 Å². The number of carbonyl (C=O) groups excluding carboxylic acids is 1. The number of piperidine rings is 2. The smallest absolute Gasteiger partial charge is 0.276 e. The Morgan fingerprint density at radius 3 is 2.35 bits per heavy atom. The van der Waals surface area contributed by atoms with Crippen molar-refractivity contribution in [1.29, 1.82) is 0 Å². The van der Waals surface area contributed by atoms with E-state index in [2.05, 4.69) is 6.92 Å². The zero-order valence-electron chi connectivity index (χ0n) is 12.1. The summed E-state index contributed by atoms with van der Waals surface area (Å²) in [5.74, 6) is 0.172. The van der Waals surface area contributed by atoms with Gasteiger partial charge in [-0.2, -0.15) is 12.7 Å². The topological polar surface area (TPSA) is 83.7 Å². The molecule has 1 unspecified atom stereocenters. The molecule has 1 amide bonds. The van der Waals surface area contributed by atoms with E-state index >= 15 is 0 Å². The number of hydrogen-bond donors (Lipinski definition) is 1. The highest BCUT2D eigenvalue weighted by Crippen LogP contribution is 2.26. The van der Waals surface area contributed by atoms with Crippen LogP contribution in [-0.4, -0.2) is 49.2 Å². The Bertz CT molecular complexity index is 444. The lowest BCUT2D eigenvalue weighted by atomic mass is 9.92. The van der Waals surface area contributed by atoms with Gasteiger partial charge in [0.2, 0.25) is 5.91 Å². The van der Waals surface area contributed by atoms with Crippen LogP contribution < -0.4 is 5.14 Å². The Morgan fingerprint density at radius 2 is 1.80 bits per heavy atom. The van der Waals surface area contributed by atoms with Crippen molar-refractivity contribution in [2.45, 2.75) is 51.5 Å². The molecule has 0 aliphatic carbocycles. The number of rotatable bonds is 3. The fraction of sp³-hybridized carbons (Fsp3) is 0.923. The van der Waals surface area contributed by atoms with Crippen LogP contribution in [0.4, 0.5) is 0 Å². The molecule has 116 valence electrons. The number of hydrogen-bond acceptors (Lipinski definition) is 3. The molecule has 2 fully saturated rings. The summed E-state index contributed by atoms with van der Waals surface area (Å²) < 4.78 is 23.8. The Balaban J connectivity index is 1.94. The number of amides is 1. The Kier molecular flexibility index (Phi) is 5.04. The molecule has 20 heavy (non-hydrogen) atoms. The van der Waals surface area contributed by atoms with Gasteiger partial charge in [0.15, 0.2) is 0 Å².